The molecular weight excluding hydrogens is 228 g/mol. The van der Waals surface area contributed by atoms with Gasteiger partial charge in [0.25, 0.3) is 0 Å². The van der Waals surface area contributed by atoms with Gasteiger partial charge in [-0.25, -0.2) is 0 Å². The normalized spacial score (nSPS) is 13.8. The summed E-state index contributed by atoms with van der Waals surface area (Å²) in [5, 5.41) is 0.157. The van der Waals surface area contributed by atoms with Crippen LogP contribution in [0.3, 0.4) is 0 Å². The maximum absolute atomic E-state index is 5.96. The summed E-state index contributed by atoms with van der Waals surface area (Å²) in [5.41, 5.74) is 0. The predicted molar refractivity (Wildman–Crippen MR) is 77.5 cm³/mol. The third kappa shape index (κ3) is 3.55. The van der Waals surface area contributed by atoms with Crippen LogP contribution >= 0.6 is 0 Å². The fraction of sp³-hybridized carbons (Fsp3) is 1.00. The Bertz CT molecular complexity index is 206. The molecule has 0 rings (SSSR count). The van der Waals surface area contributed by atoms with Gasteiger partial charge in [0, 0.05) is 19.3 Å². The van der Waals surface area contributed by atoms with Crippen LogP contribution in [0.2, 0.25) is 11.1 Å². The van der Waals surface area contributed by atoms with Gasteiger partial charge >= 0.3 is 8.56 Å². The summed E-state index contributed by atoms with van der Waals surface area (Å²) < 4.78 is 11.9. The minimum atomic E-state index is -2.14. The molecule has 0 heterocycles. The second-order valence-corrected chi connectivity index (χ2v) is 10.0. The molecule has 0 aromatic heterocycles. The zero-order chi connectivity index (χ0) is 13.7. The van der Waals surface area contributed by atoms with Gasteiger partial charge in [0.05, 0.1) is 0 Å². The first-order chi connectivity index (χ1) is 7.81. The van der Waals surface area contributed by atoms with Crippen molar-refractivity contribution in [3.63, 3.8) is 0 Å². The summed E-state index contributed by atoms with van der Waals surface area (Å²) in [5.74, 6) is 1.29. The molecular formula is C14H32O2Si. The first kappa shape index (κ1) is 17.1. The third-order valence-corrected chi connectivity index (χ3v) is 9.37. The molecule has 0 saturated carbocycles. The Morgan fingerprint density at radius 2 is 1.41 bits per heavy atom. The number of rotatable bonds is 8. The molecule has 0 bridgehead atoms. The molecule has 17 heavy (non-hydrogen) atoms. The second kappa shape index (κ2) is 6.91. The molecule has 3 heteroatoms. The summed E-state index contributed by atoms with van der Waals surface area (Å²) in [6.07, 6.45) is 2.39. The lowest BCUT2D eigenvalue weighted by Gasteiger charge is -2.46. The lowest BCUT2D eigenvalue weighted by atomic mass is 9.90. The molecule has 0 unspecified atom stereocenters. The van der Waals surface area contributed by atoms with Gasteiger partial charge in [-0.2, -0.15) is 0 Å². The van der Waals surface area contributed by atoms with E-state index in [2.05, 4.69) is 41.5 Å². The van der Waals surface area contributed by atoms with Gasteiger partial charge in [-0.1, -0.05) is 54.4 Å². The van der Waals surface area contributed by atoms with E-state index in [1.807, 2.05) is 14.2 Å². The van der Waals surface area contributed by atoms with Crippen LogP contribution in [-0.2, 0) is 8.85 Å². The maximum atomic E-state index is 5.96. The Morgan fingerprint density at radius 3 is 1.65 bits per heavy atom. The number of hydrogen-bond acceptors (Lipinski definition) is 2. The first-order valence-corrected chi connectivity index (χ1v) is 8.93. The van der Waals surface area contributed by atoms with Crippen LogP contribution < -0.4 is 0 Å². The fourth-order valence-corrected chi connectivity index (χ4v) is 7.38. The highest BCUT2D eigenvalue weighted by Crippen LogP contribution is 2.50. The molecule has 0 atom stereocenters. The standard InChI is InChI=1S/C14H32O2Si/c1-9-13(10-2)14(5,6)17(15-7,16-8)11-12(3)4/h12-13H,9-11H2,1-8H3. The largest absolute Gasteiger partial charge is 0.397 e. The third-order valence-electron chi connectivity index (χ3n) is 4.32. The number of hydrogen-bond donors (Lipinski definition) is 0. The highest BCUT2D eigenvalue weighted by atomic mass is 28.4. The van der Waals surface area contributed by atoms with Crippen LogP contribution in [0, 0.1) is 11.8 Å². The van der Waals surface area contributed by atoms with Crippen molar-refractivity contribution in [2.45, 2.75) is 65.5 Å². The minimum absolute atomic E-state index is 0.157. The zero-order valence-electron chi connectivity index (χ0n) is 13.1. The molecule has 0 radical (unpaired) electrons. The van der Waals surface area contributed by atoms with E-state index in [0.717, 1.165) is 6.04 Å². The quantitative estimate of drug-likeness (QED) is 0.594. The van der Waals surface area contributed by atoms with Crippen molar-refractivity contribution < 1.29 is 8.85 Å². The topological polar surface area (TPSA) is 18.5 Å². The van der Waals surface area contributed by atoms with Gasteiger partial charge in [0.15, 0.2) is 0 Å². The summed E-state index contributed by atoms with van der Waals surface area (Å²) in [6, 6.07) is 1.07. The lowest BCUT2D eigenvalue weighted by molar-refractivity contribution is 0.175. The van der Waals surface area contributed by atoms with Crippen molar-refractivity contribution in [2.24, 2.45) is 11.8 Å². The zero-order valence-corrected chi connectivity index (χ0v) is 14.1. The van der Waals surface area contributed by atoms with E-state index in [4.69, 9.17) is 8.85 Å². The molecule has 0 aliphatic rings. The van der Waals surface area contributed by atoms with Gasteiger partial charge < -0.3 is 8.85 Å². The Kier molecular flexibility index (Phi) is 6.96. The van der Waals surface area contributed by atoms with Crippen LogP contribution in [0.1, 0.15) is 54.4 Å². The van der Waals surface area contributed by atoms with Crippen molar-refractivity contribution in [3.8, 4) is 0 Å². The molecule has 0 N–H and O–H groups in total. The summed E-state index contributed by atoms with van der Waals surface area (Å²) in [6.45, 7) is 13.7. The SMILES string of the molecule is CCC(CC)C(C)(C)[Si](CC(C)C)(OC)OC. The highest BCUT2D eigenvalue weighted by molar-refractivity contribution is 6.70. The molecule has 104 valence electrons. The summed E-state index contributed by atoms with van der Waals surface area (Å²) in [4.78, 5) is 0. The monoisotopic (exact) mass is 260 g/mol. The fourth-order valence-electron chi connectivity index (χ4n) is 3.20. The highest BCUT2D eigenvalue weighted by Gasteiger charge is 2.53. The Hall–Kier alpha value is 0.137. The van der Waals surface area contributed by atoms with Crippen LogP contribution in [0.25, 0.3) is 0 Å². The van der Waals surface area contributed by atoms with Crippen LogP contribution in [0.15, 0.2) is 0 Å². The van der Waals surface area contributed by atoms with Gasteiger partial charge in [0.2, 0.25) is 0 Å². The first-order valence-electron chi connectivity index (χ1n) is 6.91. The molecule has 0 aliphatic carbocycles. The molecule has 2 nitrogen and oxygen atoms in total. The molecule has 0 fully saturated rings. The van der Waals surface area contributed by atoms with Crippen molar-refractivity contribution >= 4 is 8.56 Å². The predicted octanol–water partition coefficient (Wildman–Crippen LogP) is 4.59. The van der Waals surface area contributed by atoms with E-state index in [1.54, 1.807) is 0 Å². The average molecular weight is 260 g/mol. The Balaban J connectivity index is 5.26. The molecule has 0 aromatic carbocycles. The van der Waals surface area contributed by atoms with Crippen LogP contribution in [0.4, 0.5) is 0 Å². The molecule has 0 amide bonds. The molecule has 0 spiro atoms. The van der Waals surface area contributed by atoms with E-state index in [0.29, 0.717) is 11.8 Å². The second-order valence-electron chi connectivity index (χ2n) is 5.99. The van der Waals surface area contributed by atoms with Gasteiger partial charge in [0.1, 0.15) is 0 Å². The van der Waals surface area contributed by atoms with Crippen LogP contribution in [-0.4, -0.2) is 22.8 Å². The Labute approximate surface area is 109 Å². The van der Waals surface area contributed by atoms with E-state index in [9.17, 15) is 0 Å². The maximum Gasteiger partial charge on any atom is 0.344 e. The average Bonchev–Trinajstić information content (AvgIpc) is 2.26. The summed E-state index contributed by atoms with van der Waals surface area (Å²) in [7, 11) is 1.53. The van der Waals surface area contributed by atoms with Crippen LogP contribution in [0.5, 0.6) is 0 Å². The van der Waals surface area contributed by atoms with Crippen molar-refractivity contribution in [3.05, 3.63) is 0 Å². The molecule has 0 aromatic rings. The van der Waals surface area contributed by atoms with Gasteiger partial charge in [-0.05, 0) is 17.9 Å². The van der Waals surface area contributed by atoms with Crippen molar-refractivity contribution in [1.29, 1.82) is 0 Å². The Morgan fingerprint density at radius 1 is 1.00 bits per heavy atom. The summed E-state index contributed by atoms with van der Waals surface area (Å²) >= 11 is 0. The van der Waals surface area contributed by atoms with E-state index in [-0.39, 0.29) is 5.04 Å². The smallest absolute Gasteiger partial charge is 0.344 e. The lowest BCUT2D eigenvalue weighted by Crippen LogP contribution is -2.53. The van der Waals surface area contributed by atoms with Crippen molar-refractivity contribution in [2.75, 3.05) is 14.2 Å². The van der Waals surface area contributed by atoms with Gasteiger partial charge in [-0.15, -0.1) is 0 Å². The van der Waals surface area contributed by atoms with E-state index in [1.165, 1.54) is 12.8 Å². The molecule has 0 aliphatic heterocycles. The van der Waals surface area contributed by atoms with E-state index < -0.39 is 8.56 Å². The minimum Gasteiger partial charge on any atom is -0.397 e. The van der Waals surface area contributed by atoms with E-state index >= 15 is 0 Å². The molecule has 0 saturated heterocycles. The van der Waals surface area contributed by atoms with Crippen molar-refractivity contribution in [1.82, 2.24) is 0 Å². The van der Waals surface area contributed by atoms with Gasteiger partial charge in [-0.3, -0.25) is 0 Å².